The van der Waals surface area contributed by atoms with E-state index in [0.717, 1.165) is 25.7 Å². The Hall–Kier alpha value is 1.51. The Bertz CT molecular complexity index is 345. The van der Waals surface area contributed by atoms with Crippen LogP contribution in [0, 0.1) is 0 Å². The summed E-state index contributed by atoms with van der Waals surface area (Å²) in [4.78, 5) is 0. The third-order valence-corrected chi connectivity index (χ3v) is 5.47. The Labute approximate surface area is 186 Å². The molecule has 2 atom stereocenters. The molecule has 0 amide bonds. The molecule has 0 radical (unpaired) electrons. The first-order chi connectivity index (χ1) is 10.4. The Morgan fingerprint density at radius 3 is 1.65 bits per heavy atom. The van der Waals surface area contributed by atoms with Crippen molar-refractivity contribution in [3.8, 4) is 0 Å². The van der Waals surface area contributed by atoms with Crippen molar-refractivity contribution in [3.63, 3.8) is 0 Å². The second-order valence-electron chi connectivity index (χ2n) is 6.51. The zero-order valence-corrected chi connectivity index (χ0v) is 19.4. The average Bonchev–Trinajstić information content (AvgIpc) is 2.42. The quantitative estimate of drug-likeness (QED) is 0.267. The van der Waals surface area contributed by atoms with Crippen molar-refractivity contribution < 1.29 is 69.5 Å². The molecule has 134 valence electrons. The van der Waals surface area contributed by atoms with Crippen molar-refractivity contribution in [2.75, 3.05) is 0 Å². The molecule has 0 fully saturated rings. The number of hydrogen-bond acceptors (Lipinski definition) is 4. The van der Waals surface area contributed by atoms with Gasteiger partial charge in [0.25, 0.3) is 0 Å². The van der Waals surface area contributed by atoms with Gasteiger partial charge in [0, 0.05) is 5.25 Å². The van der Waals surface area contributed by atoms with Gasteiger partial charge in [0.15, 0.2) is 0 Å². The van der Waals surface area contributed by atoms with Gasteiger partial charge >= 0.3 is 51.4 Å². The third kappa shape index (κ3) is 18.1. The standard InChI is InChI=1S/C17H36O4S.K/c1-3-4-5-6-7-8-9-10-14-17(22(19,20)21)15-12-11-13-16(2)18;/h16-18H,3-15H2,1-2H3,(H,19,20,21);/q;+1/p-1. The molecule has 1 N–H and O–H groups in total. The van der Waals surface area contributed by atoms with Crippen LogP contribution < -0.4 is 51.4 Å². The number of aliphatic hydroxyl groups excluding tert-OH is 1. The maximum atomic E-state index is 11.3. The number of aliphatic hydroxyl groups is 1. The van der Waals surface area contributed by atoms with Crippen molar-refractivity contribution in [2.24, 2.45) is 0 Å². The Kier molecular flexibility index (Phi) is 19.7. The minimum Gasteiger partial charge on any atom is -0.748 e. The van der Waals surface area contributed by atoms with Crippen LogP contribution in [0.25, 0.3) is 0 Å². The molecular formula is C17H35KO4S. The van der Waals surface area contributed by atoms with Gasteiger partial charge < -0.3 is 9.66 Å². The van der Waals surface area contributed by atoms with Crippen LogP contribution in [0.3, 0.4) is 0 Å². The van der Waals surface area contributed by atoms with Gasteiger partial charge in [-0.1, -0.05) is 71.1 Å². The van der Waals surface area contributed by atoms with Crippen LogP contribution in [-0.4, -0.2) is 29.4 Å². The van der Waals surface area contributed by atoms with E-state index < -0.39 is 15.4 Å². The molecule has 0 aromatic carbocycles. The Morgan fingerprint density at radius 2 is 1.22 bits per heavy atom. The van der Waals surface area contributed by atoms with Crippen LogP contribution >= 0.6 is 0 Å². The van der Waals surface area contributed by atoms with Crippen molar-refractivity contribution in [3.05, 3.63) is 0 Å². The minimum atomic E-state index is -4.18. The van der Waals surface area contributed by atoms with Crippen LogP contribution in [0.5, 0.6) is 0 Å². The van der Waals surface area contributed by atoms with Gasteiger partial charge in [-0.3, -0.25) is 0 Å². The number of hydrogen-bond donors (Lipinski definition) is 1. The Balaban J connectivity index is 0. The van der Waals surface area contributed by atoms with Crippen LogP contribution in [0.15, 0.2) is 0 Å². The van der Waals surface area contributed by atoms with E-state index >= 15 is 0 Å². The summed E-state index contributed by atoms with van der Waals surface area (Å²) in [5.74, 6) is 0. The van der Waals surface area contributed by atoms with Crippen molar-refractivity contribution >= 4 is 10.1 Å². The maximum Gasteiger partial charge on any atom is 1.00 e. The van der Waals surface area contributed by atoms with E-state index in [2.05, 4.69) is 6.92 Å². The minimum absolute atomic E-state index is 0. The third-order valence-electron chi connectivity index (χ3n) is 4.19. The maximum absolute atomic E-state index is 11.3. The Morgan fingerprint density at radius 1 is 0.826 bits per heavy atom. The summed E-state index contributed by atoms with van der Waals surface area (Å²) in [5.41, 5.74) is 0. The summed E-state index contributed by atoms with van der Waals surface area (Å²) >= 11 is 0. The van der Waals surface area contributed by atoms with Gasteiger partial charge in [0.1, 0.15) is 0 Å². The fourth-order valence-electron chi connectivity index (χ4n) is 2.75. The van der Waals surface area contributed by atoms with Crippen LogP contribution in [-0.2, 0) is 10.1 Å². The average molecular weight is 375 g/mol. The van der Waals surface area contributed by atoms with E-state index in [1.165, 1.54) is 32.1 Å². The monoisotopic (exact) mass is 374 g/mol. The fraction of sp³-hybridized carbons (Fsp3) is 1.00. The first-order valence-corrected chi connectivity index (χ1v) is 10.5. The smallest absolute Gasteiger partial charge is 0.748 e. The molecule has 0 aromatic rings. The van der Waals surface area contributed by atoms with Gasteiger partial charge in [-0.25, -0.2) is 8.42 Å². The second-order valence-corrected chi connectivity index (χ2v) is 8.16. The van der Waals surface area contributed by atoms with Gasteiger partial charge in [-0.05, 0) is 26.2 Å². The SMILES string of the molecule is CCCCCCCCCCC(CCCCC(C)O)S(=O)(=O)[O-].[K+]. The summed E-state index contributed by atoms with van der Waals surface area (Å²) in [6, 6.07) is 0. The van der Waals surface area contributed by atoms with Crippen LogP contribution in [0.2, 0.25) is 0 Å². The summed E-state index contributed by atoms with van der Waals surface area (Å²) in [7, 11) is -4.18. The molecule has 0 spiro atoms. The summed E-state index contributed by atoms with van der Waals surface area (Å²) < 4.78 is 33.9. The first kappa shape index (κ1) is 26.7. The van der Waals surface area contributed by atoms with E-state index in [4.69, 9.17) is 0 Å². The van der Waals surface area contributed by atoms with Gasteiger partial charge in [0.2, 0.25) is 0 Å². The fourth-order valence-corrected chi connectivity index (χ4v) is 3.66. The molecule has 0 aliphatic rings. The number of rotatable bonds is 15. The van der Waals surface area contributed by atoms with E-state index in [1.807, 2.05) is 0 Å². The summed E-state index contributed by atoms with van der Waals surface area (Å²) in [6.45, 7) is 3.92. The van der Waals surface area contributed by atoms with Crippen molar-refractivity contribution in [1.82, 2.24) is 0 Å². The zero-order valence-electron chi connectivity index (χ0n) is 15.4. The normalized spacial score (nSPS) is 14.3. The summed E-state index contributed by atoms with van der Waals surface area (Å²) in [6.07, 6.45) is 12.0. The molecule has 0 aromatic heterocycles. The topological polar surface area (TPSA) is 77.4 Å². The molecule has 0 saturated carbocycles. The molecule has 23 heavy (non-hydrogen) atoms. The molecule has 2 unspecified atom stereocenters. The largest absolute Gasteiger partial charge is 1.00 e. The molecule has 0 aliphatic heterocycles. The second kappa shape index (κ2) is 16.9. The molecule has 4 nitrogen and oxygen atoms in total. The van der Waals surface area contributed by atoms with E-state index in [0.29, 0.717) is 25.7 Å². The molecule has 0 heterocycles. The molecular weight excluding hydrogens is 339 g/mol. The molecule has 0 rings (SSSR count). The zero-order chi connectivity index (χ0) is 16.8. The van der Waals surface area contributed by atoms with Crippen molar-refractivity contribution in [1.29, 1.82) is 0 Å². The van der Waals surface area contributed by atoms with Gasteiger partial charge in [-0.15, -0.1) is 0 Å². The molecule has 6 heteroatoms. The summed E-state index contributed by atoms with van der Waals surface area (Å²) in [5, 5.41) is 8.44. The predicted molar refractivity (Wildman–Crippen MR) is 90.9 cm³/mol. The van der Waals surface area contributed by atoms with Crippen LogP contribution in [0.1, 0.15) is 97.3 Å². The molecule has 0 aliphatic carbocycles. The molecule has 0 saturated heterocycles. The molecule has 0 bridgehead atoms. The number of unbranched alkanes of at least 4 members (excludes halogenated alkanes) is 8. The van der Waals surface area contributed by atoms with E-state index in [-0.39, 0.29) is 57.5 Å². The predicted octanol–water partition coefficient (Wildman–Crippen LogP) is 1.38. The van der Waals surface area contributed by atoms with Gasteiger partial charge in [0.05, 0.1) is 16.2 Å². The van der Waals surface area contributed by atoms with Crippen molar-refractivity contribution in [2.45, 2.75) is 109 Å². The van der Waals surface area contributed by atoms with E-state index in [9.17, 15) is 18.1 Å². The van der Waals surface area contributed by atoms with Crippen LogP contribution in [0.4, 0.5) is 0 Å². The van der Waals surface area contributed by atoms with E-state index in [1.54, 1.807) is 6.92 Å². The first-order valence-electron chi connectivity index (χ1n) is 9.00. The van der Waals surface area contributed by atoms with Gasteiger partial charge in [-0.2, -0.15) is 0 Å².